The van der Waals surface area contributed by atoms with E-state index in [4.69, 9.17) is 0 Å². The van der Waals surface area contributed by atoms with E-state index >= 15 is 0 Å². The summed E-state index contributed by atoms with van der Waals surface area (Å²) in [6, 6.07) is 17.6. The van der Waals surface area contributed by atoms with Gasteiger partial charge >= 0.3 is 6.18 Å². The highest BCUT2D eigenvalue weighted by atomic mass is 32.2. The number of nitrogens with one attached hydrogen (secondary N) is 2. The number of benzene rings is 3. The van der Waals surface area contributed by atoms with Crippen molar-refractivity contribution in [3.05, 3.63) is 95.3 Å². The third-order valence-electron chi connectivity index (χ3n) is 5.78. The van der Waals surface area contributed by atoms with Crippen LogP contribution in [0.1, 0.15) is 32.1 Å². The van der Waals surface area contributed by atoms with Crippen molar-refractivity contribution < 1.29 is 31.2 Å². The second kappa shape index (κ2) is 8.98. The molecule has 1 amide bonds. The van der Waals surface area contributed by atoms with E-state index in [1.54, 1.807) is 30.3 Å². The molecule has 4 aromatic rings. The molecule has 12 heteroatoms. The Morgan fingerprint density at radius 1 is 1.03 bits per heavy atom. The molecule has 2 N–H and O–H groups in total. The molecule has 0 spiro atoms. The van der Waals surface area contributed by atoms with Gasteiger partial charge in [-0.3, -0.25) is 9.59 Å². The van der Waals surface area contributed by atoms with Crippen LogP contribution in [0.25, 0.3) is 16.8 Å². The molecule has 0 saturated heterocycles. The zero-order valence-electron chi connectivity index (χ0n) is 18.8. The molecule has 0 unspecified atom stereocenters. The number of aldehydes is 1. The van der Waals surface area contributed by atoms with Crippen LogP contribution in [0.4, 0.5) is 18.9 Å². The molecule has 5 rings (SSSR count). The van der Waals surface area contributed by atoms with Gasteiger partial charge in [0.15, 0.2) is 5.69 Å². The number of fused-ring (bicyclic) bond motifs is 1. The number of hydrogen-bond acceptors (Lipinski definition) is 5. The van der Waals surface area contributed by atoms with Gasteiger partial charge in [0, 0.05) is 29.4 Å². The first-order valence-electron chi connectivity index (χ1n) is 10.8. The summed E-state index contributed by atoms with van der Waals surface area (Å²) in [6.07, 6.45) is -4.20. The van der Waals surface area contributed by atoms with Crippen LogP contribution in [0.5, 0.6) is 0 Å². The lowest BCUT2D eigenvalue weighted by Gasteiger charge is -2.11. The zero-order chi connectivity index (χ0) is 26.4. The fraction of sp³-hybridized carbons (Fsp3) is 0.0800. The highest BCUT2D eigenvalue weighted by Gasteiger charge is 2.36. The average Bonchev–Trinajstić information content (AvgIpc) is 3.47. The molecule has 1 aliphatic heterocycles. The molecular weight excluding hydrogens is 509 g/mol. The maximum atomic E-state index is 13.4. The lowest BCUT2D eigenvalue weighted by molar-refractivity contribution is -0.141. The van der Waals surface area contributed by atoms with E-state index in [0.29, 0.717) is 34.6 Å². The third-order valence-corrected chi connectivity index (χ3v) is 7.32. The number of anilines is 1. The Balaban J connectivity index is 1.45. The molecule has 0 aliphatic carbocycles. The monoisotopic (exact) mass is 526 g/mol. The molecule has 0 atom stereocenters. The zero-order valence-corrected chi connectivity index (χ0v) is 19.6. The SMILES string of the molecule is O=Cc1ccc(-n2nc(C(F)(F)F)cc2C(=O)Nc2ccc(-c3cccc4c3S(=O)(=O)NC4)cc2)cc1. The highest BCUT2D eigenvalue weighted by Crippen LogP contribution is 2.34. The van der Waals surface area contributed by atoms with Crippen molar-refractivity contribution in [1.29, 1.82) is 0 Å². The topological polar surface area (TPSA) is 110 Å². The maximum Gasteiger partial charge on any atom is 0.435 e. The normalized spacial score (nSPS) is 14.2. The number of carbonyl (C=O) groups is 2. The number of alkyl halides is 3. The number of hydrogen-bond donors (Lipinski definition) is 2. The Hall–Kier alpha value is -4.29. The lowest BCUT2D eigenvalue weighted by Crippen LogP contribution is -2.17. The molecular formula is C25H17F3N4O4S. The van der Waals surface area contributed by atoms with Crippen LogP contribution in [0.3, 0.4) is 0 Å². The van der Waals surface area contributed by atoms with Crippen LogP contribution in [0.2, 0.25) is 0 Å². The first-order chi connectivity index (χ1) is 17.6. The van der Waals surface area contributed by atoms with Gasteiger partial charge in [0.05, 0.1) is 10.6 Å². The predicted octanol–water partition coefficient (Wildman–Crippen LogP) is 4.41. The Morgan fingerprint density at radius 2 is 1.73 bits per heavy atom. The summed E-state index contributed by atoms with van der Waals surface area (Å²) >= 11 is 0. The fourth-order valence-corrected chi connectivity index (χ4v) is 5.46. The Kier molecular flexibility index (Phi) is 5.92. The summed E-state index contributed by atoms with van der Waals surface area (Å²) in [6.45, 7) is 0.200. The summed E-state index contributed by atoms with van der Waals surface area (Å²) in [5.74, 6) is -0.845. The maximum absolute atomic E-state index is 13.4. The van der Waals surface area contributed by atoms with Crippen molar-refractivity contribution >= 4 is 27.9 Å². The van der Waals surface area contributed by atoms with E-state index < -0.39 is 27.8 Å². The molecule has 0 saturated carbocycles. The number of amides is 1. The fourth-order valence-electron chi connectivity index (χ4n) is 4.01. The Morgan fingerprint density at radius 3 is 2.38 bits per heavy atom. The van der Waals surface area contributed by atoms with Gasteiger partial charge in [0.1, 0.15) is 12.0 Å². The molecule has 3 aromatic carbocycles. The second-order valence-corrected chi connectivity index (χ2v) is 9.89. The molecule has 8 nitrogen and oxygen atoms in total. The van der Waals surface area contributed by atoms with Crippen molar-refractivity contribution in [2.24, 2.45) is 0 Å². The number of rotatable bonds is 5. The van der Waals surface area contributed by atoms with Crippen LogP contribution < -0.4 is 10.0 Å². The summed E-state index contributed by atoms with van der Waals surface area (Å²) in [7, 11) is -3.64. The quantitative estimate of drug-likeness (QED) is 0.374. The van der Waals surface area contributed by atoms with Crippen molar-refractivity contribution in [2.75, 3.05) is 5.32 Å². The minimum Gasteiger partial charge on any atom is -0.321 e. The van der Waals surface area contributed by atoms with E-state index in [1.165, 1.54) is 36.4 Å². The molecule has 37 heavy (non-hydrogen) atoms. The Labute approximate surface area is 208 Å². The van der Waals surface area contributed by atoms with Crippen molar-refractivity contribution in [2.45, 2.75) is 17.6 Å². The van der Waals surface area contributed by atoms with Crippen molar-refractivity contribution in [3.63, 3.8) is 0 Å². The lowest BCUT2D eigenvalue weighted by atomic mass is 10.0. The van der Waals surface area contributed by atoms with Gasteiger partial charge in [-0.15, -0.1) is 0 Å². The van der Waals surface area contributed by atoms with Gasteiger partial charge in [-0.25, -0.2) is 17.8 Å². The van der Waals surface area contributed by atoms with Crippen molar-refractivity contribution in [3.8, 4) is 16.8 Å². The molecule has 2 heterocycles. The minimum absolute atomic E-state index is 0.161. The number of aromatic nitrogens is 2. The van der Waals surface area contributed by atoms with Gasteiger partial charge in [-0.05, 0) is 47.5 Å². The molecule has 0 bridgehead atoms. The minimum atomic E-state index is -4.78. The first kappa shape index (κ1) is 24.4. The van der Waals surface area contributed by atoms with Crippen LogP contribution in [-0.4, -0.2) is 30.4 Å². The summed E-state index contributed by atoms with van der Waals surface area (Å²) < 4.78 is 68.2. The van der Waals surface area contributed by atoms with Crippen LogP contribution in [0, 0.1) is 0 Å². The van der Waals surface area contributed by atoms with E-state index in [2.05, 4.69) is 15.1 Å². The van der Waals surface area contributed by atoms with E-state index in [-0.39, 0.29) is 28.5 Å². The number of sulfonamides is 1. The van der Waals surface area contributed by atoms with E-state index in [0.717, 1.165) is 4.68 Å². The second-order valence-electron chi connectivity index (χ2n) is 8.18. The molecule has 0 fully saturated rings. The van der Waals surface area contributed by atoms with Gasteiger partial charge in [0.2, 0.25) is 10.0 Å². The largest absolute Gasteiger partial charge is 0.435 e. The van der Waals surface area contributed by atoms with E-state index in [1.807, 2.05) is 0 Å². The Bertz CT molecular complexity index is 1630. The average molecular weight is 526 g/mol. The molecule has 188 valence electrons. The number of carbonyl (C=O) groups excluding carboxylic acids is 2. The highest BCUT2D eigenvalue weighted by molar-refractivity contribution is 7.90. The first-order valence-corrected chi connectivity index (χ1v) is 12.3. The number of nitrogens with zero attached hydrogens (tertiary/aromatic N) is 2. The van der Waals surface area contributed by atoms with Gasteiger partial charge in [-0.2, -0.15) is 18.3 Å². The summed E-state index contributed by atoms with van der Waals surface area (Å²) in [5.41, 5.74) is 0.854. The van der Waals surface area contributed by atoms with Crippen LogP contribution in [0.15, 0.2) is 77.7 Å². The van der Waals surface area contributed by atoms with Crippen molar-refractivity contribution in [1.82, 2.24) is 14.5 Å². The van der Waals surface area contributed by atoms with Gasteiger partial charge in [-0.1, -0.05) is 30.3 Å². The molecule has 1 aliphatic rings. The molecule has 0 radical (unpaired) electrons. The van der Waals surface area contributed by atoms with Crippen LogP contribution >= 0.6 is 0 Å². The van der Waals surface area contributed by atoms with Gasteiger partial charge < -0.3 is 5.32 Å². The standard InChI is InChI=1S/C25H17F3N4O4S/c26-25(27,28)22-12-21(32(31-22)19-10-4-15(14-33)5-11-19)24(34)30-18-8-6-16(7-9-18)20-3-1-2-17-13-29-37(35,36)23(17)20/h1-12,14,29H,13H2,(H,30,34). The summed E-state index contributed by atoms with van der Waals surface area (Å²) in [4.78, 5) is 24.1. The van der Waals surface area contributed by atoms with Gasteiger partial charge in [0.25, 0.3) is 5.91 Å². The van der Waals surface area contributed by atoms with Crippen LogP contribution in [-0.2, 0) is 22.7 Å². The number of halogens is 3. The molecule has 1 aromatic heterocycles. The summed E-state index contributed by atoms with van der Waals surface area (Å²) in [5, 5.41) is 6.10. The predicted molar refractivity (Wildman–Crippen MR) is 128 cm³/mol. The third kappa shape index (κ3) is 4.63. The van der Waals surface area contributed by atoms with E-state index in [9.17, 15) is 31.2 Å². The smallest absolute Gasteiger partial charge is 0.321 e.